The van der Waals surface area contributed by atoms with Crippen LogP contribution in [-0.2, 0) is 6.42 Å². The molecule has 2 aromatic rings. The van der Waals surface area contributed by atoms with E-state index in [4.69, 9.17) is 4.74 Å². The number of azo groups is 1. The molecule has 0 fully saturated rings. The molecule has 0 N–H and O–H groups in total. The van der Waals surface area contributed by atoms with Gasteiger partial charge < -0.3 is 4.74 Å². The minimum atomic E-state index is 0.658. The average molecular weight is 389 g/mol. The molecule has 0 aliphatic rings. The normalized spacial score (nSPS) is 11.1. The highest BCUT2D eigenvalue weighted by atomic mass is 79.9. The molecule has 0 bridgehead atoms. The van der Waals surface area contributed by atoms with Crippen LogP contribution in [0, 0.1) is 0 Å². The summed E-state index contributed by atoms with van der Waals surface area (Å²) in [4.78, 5) is 0. The Morgan fingerprint density at radius 3 is 2.04 bits per heavy atom. The monoisotopic (exact) mass is 388 g/mol. The smallest absolute Gasteiger partial charge is 0.119 e. The first kappa shape index (κ1) is 18.7. The van der Waals surface area contributed by atoms with E-state index in [0.717, 1.165) is 28.9 Å². The summed E-state index contributed by atoms with van der Waals surface area (Å²) in [5.74, 6) is 0.848. The van der Waals surface area contributed by atoms with Crippen LogP contribution in [0.3, 0.4) is 0 Å². The third-order valence-electron chi connectivity index (χ3n) is 3.72. The van der Waals surface area contributed by atoms with Gasteiger partial charge >= 0.3 is 0 Å². The van der Waals surface area contributed by atoms with Crippen LogP contribution in [0.25, 0.3) is 0 Å². The lowest BCUT2D eigenvalue weighted by molar-refractivity contribution is 0.345. The number of hydrogen-bond donors (Lipinski definition) is 0. The predicted octanol–water partition coefficient (Wildman–Crippen LogP) is 7.00. The Kier molecular flexibility index (Phi) is 8.53. The molecule has 2 aromatic carbocycles. The molecule has 2 rings (SSSR count). The van der Waals surface area contributed by atoms with E-state index in [1.54, 1.807) is 0 Å². The van der Waals surface area contributed by atoms with Crippen LogP contribution in [0.2, 0.25) is 0 Å². The summed E-state index contributed by atoms with van der Waals surface area (Å²) >= 11 is 3.34. The maximum absolute atomic E-state index is 5.51. The zero-order valence-electron chi connectivity index (χ0n) is 14.2. The van der Waals surface area contributed by atoms with Gasteiger partial charge in [0.05, 0.1) is 18.0 Å². The largest absolute Gasteiger partial charge is 0.493 e. The SMILES string of the molecule is CCCCCCc1ccc(N=Nc2ccc(OCCBr)cc2)cc1. The minimum absolute atomic E-state index is 0.658. The van der Waals surface area contributed by atoms with Crippen molar-refractivity contribution in [1.82, 2.24) is 0 Å². The van der Waals surface area contributed by atoms with Crippen molar-refractivity contribution in [3.63, 3.8) is 0 Å². The van der Waals surface area contributed by atoms with Crippen LogP contribution in [0.15, 0.2) is 58.8 Å². The summed E-state index contributed by atoms with van der Waals surface area (Å²) in [6.07, 6.45) is 6.33. The van der Waals surface area contributed by atoms with Gasteiger partial charge in [0.15, 0.2) is 0 Å². The second-order valence-electron chi connectivity index (χ2n) is 5.71. The number of halogens is 1. The standard InChI is InChI=1S/C20H25BrN2O/c1-2-3-4-5-6-17-7-9-18(10-8-17)22-23-19-11-13-20(14-12-19)24-16-15-21/h7-14H,2-6,15-16H2,1H3. The lowest BCUT2D eigenvalue weighted by Crippen LogP contribution is -1.96. The van der Waals surface area contributed by atoms with Gasteiger partial charge in [0.2, 0.25) is 0 Å². The zero-order valence-corrected chi connectivity index (χ0v) is 15.8. The zero-order chi connectivity index (χ0) is 17.0. The highest BCUT2D eigenvalue weighted by Crippen LogP contribution is 2.22. The number of alkyl halides is 1. The number of rotatable bonds is 10. The summed E-state index contributed by atoms with van der Waals surface area (Å²) in [6, 6.07) is 16.0. The number of aryl methyl sites for hydroxylation is 1. The van der Waals surface area contributed by atoms with Crippen LogP contribution >= 0.6 is 15.9 Å². The third-order valence-corrected chi connectivity index (χ3v) is 4.04. The van der Waals surface area contributed by atoms with Crippen molar-refractivity contribution in [2.75, 3.05) is 11.9 Å². The second-order valence-corrected chi connectivity index (χ2v) is 6.50. The lowest BCUT2D eigenvalue weighted by atomic mass is 10.1. The maximum Gasteiger partial charge on any atom is 0.119 e. The van der Waals surface area contributed by atoms with Crippen LogP contribution in [0.1, 0.15) is 38.2 Å². The van der Waals surface area contributed by atoms with Crippen LogP contribution in [-0.4, -0.2) is 11.9 Å². The van der Waals surface area contributed by atoms with E-state index >= 15 is 0 Å². The Bertz CT molecular complexity index is 609. The molecule has 0 saturated carbocycles. The van der Waals surface area contributed by atoms with E-state index in [0.29, 0.717) is 6.61 Å². The summed E-state index contributed by atoms with van der Waals surface area (Å²) in [5, 5.41) is 9.39. The van der Waals surface area contributed by atoms with E-state index < -0.39 is 0 Å². The molecule has 0 aromatic heterocycles. The number of nitrogens with zero attached hydrogens (tertiary/aromatic N) is 2. The van der Waals surface area contributed by atoms with Crippen LogP contribution in [0.5, 0.6) is 5.75 Å². The Balaban J connectivity index is 1.85. The van der Waals surface area contributed by atoms with Gasteiger partial charge in [0, 0.05) is 5.33 Å². The van der Waals surface area contributed by atoms with Gasteiger partial charge in [0.1, 0.15) is 5.75 Å². The topological polar surface area (TPSA) is 34.0 Å². The van der Waals surface area contributed by atoms with Gasteiger partial charge in [-0.2, -0.15) is 10.2 Å². The third kappa shape index (κ3) is 6.83. The molecule has 0 amide bonds. The maximum atomic E-state index is 5.51. The van der Waals surface area contributed by atoms with E-state index in [9.17, 15) is 0 Å². The van der Waals surface area contributed by atoms with Crippen molar-refractivity contribution in [1.29, 1.82) is 0 Å². The fraction of sp³-hybridized carbons (Fsp3) is 0.400. The molecule has 0 aliphatic carbocycles. The molecule has 4 heteroatoms. The molecule has 0 spiro atoms. The van der Waals surface area contributed by atoms with Gasteiger partial charge in [0.25, 0.3) is 0 Å². The van der Waals surface area contributed by atoms with Gasteiger partial charge in [-0.25, -0.2) is 0 Å². The van der Waals surface area contributed by atoms with E-state index in [-0.39, 0.29) is 0 Å². The van der Waals surface area contributed by atoms with Crippen molar-refractivity contribution in [2.24, 2.45) is 10.2 Å². The Labute approximate surface area is 153 Å². The second kappa shape index (κ2) is 11.0. The average Bonchev–Trinajstić information content (AvgIpc) is 2.64. The first-order chi connectivity index (χ1) is 11.8. The van der Waals surface area contributed by atoms with E-state index in [1.807, 2.05) is 36.4 Å². The van der Waals surface area contributed by atoms with E-state index in [1.165, 1.54) is 31.2 Å². The number of hydrogen-bond acceptors (Lipinski definition) is 3. The highest BCUT2D eigenvalue weighted by Gasteiger charge is 1.96. The number of unbranched alkanes of at least 4 members (excludes halogenated alkanes) is 3. The van der Waals surface area contributed by atoms with Crippen LogP contribution in [0.4, 0.5) is 11.4 Å². The van der Waals surface area contributed by atoms with Gasteiger partial charge in [-0.3, -0.25) is 0 Å². The minimum Gasteiger partial charge on any atom is -0.493 e. The Morgan fingerprint density at radius 1 is 0.833 bits per heavy atom. The fourth-order valence-corrected chi connectivity index (χ4v) is 2.53. The summed E-state index contributed by atoms with van der Waals surface area (Å²) in [5.41, 5.74) is 3.08. The lowest BCUT2D eigenvalue weighted by Gasteiger charge is -2.03. The first-order valence-electron chi connectivity index (χ1n) is 8.61. The van der Waals surface area contributed by atoms with E-state index in [2.05, 4.69) is 45.2 Å². The summed E-state index contributed by atoms with van der Waals surface area (Å²) < 4.78 is 5.51. The molecule has 0 aliphatic heterocycles. The van der Waals surface area contributed by atoms with Crippen molar-refractivity contribution in [3.8, 4) is 5.75 Å². The van der Waals surface area contributed by atoms with Crippen molar-refractivity contribution in [3.05, 3.63) is 54.1 Å². The molecule has 0 atom stereocenters. The molecule has 24 heavy (non-hydrogen) atoms. The molecule has 0 radical (unpaired) electrons. The predicted molar refractivity (Wildman–Crippen MR) is 104 cm³/mol. The quantitative estimate of drug-likeness (QED) is 0.245. The fourth-order valence-electron chi connectivity index (χ4n) is 2.37. The van der Waals surface area contributed by atoms with Crippen LogP contribution < -0.4 is 4.74 Å². The molecule has 0 saturated heterocycles. The summed E-state index contributed by atoms with van der Waals surface area (Å²) in [6.45, 7) is 2.90. The van der Waals surface area contributed by atoms with Gasteiger partial charge in [-0.05, 0) is 54.8 Å². The molecular formula is C20H25BrN2O. The number of ether oxygens (including phenoxy) is 1. The van der Waals surface area contributed by atoms with Gasteiger partial charge in [-0.15, -0.1) is 0 Å². The Morgan fingerprint density at radius 2 is 1.46 bits per heavy atom. The van der Waals surface area contributed by atoms with Gasteiger partial charge in [-0.1, -0.05) is 54.2 Å². The number of benzene rings is 2. The molecular weight excluding hydrogens is 364 g/mol. The van der Waals surface area contributed by atoms with Crippen molar-refractivity contribution < 1.29 is 4.74 Å². The molecule has 0 heterocycles. The molecule has 0 unspecified atom stereocenters. The highest BCUT2D eigenvalue weighted by molar-refractivity contribution is 9.09. The molecule has 3 nitrogen and oxygen atoms in total. The summed E-state index contributed by atoms with van der Waals surface area (Å²) in [7, 11) is 0. The Hall–Kier alpha value is -1.68. The first-order valence-corrected chi connectivity index (χ1v) is 9.73. The van der Waals surface area contributed by atoms with Crippen molar-refractivity contribution >= 4 is 27.3 Å². The van der Waals surface area contributed by atoms with Crippen molar-refractivity contribution in [2.45, 2.75) is 39.0 Å². The molecule has 128 valence electrons.